The minimum Gasteiger partial charge on any atom is -0.481 e. The van der Waals surface area contributed by atoms with Crippen molar-refractivity contribution in [1.82, 2.24) is 9.03 Å². The summed E-state index contributed by atoms with van der Waals surface area (Å²) in [4.78, 5) is 10.6. The molecule has 0 aromatic carbocycles. The van der Waals surface area contributed by atoms with Crippen LogP contribution in [0.5, 0.6) is 0 Å². The molecule has 2 N–H and O–H groups in total. The number of morpholine rings is 1. The Balaban J connectivity index is 2.60. The maximum absolute atomic E-state index is 12.0. The van der Waals surface area contributed by atoms with E-state index in [-0.39, 0.29) is 31.8 Å². The summed E-state index contributed by atoms with van der Waals surface area (Å²) in [6.45, 7) is 5.51. The van der Waals surface area contributed by atoms with Crippen molar-refractivity contribution in [3.05, 3.63) is 0 Å². The highest BCUT2D eigenvalue weighted by molar-refractivity contribution is 7.87. The standard InChI is InChI=1S/C10H20N2O5S/c1-7(10(13)14)4-11-18(15,16)12-5-8(2)17-9(3)6-12/h7-9,11H,4-6H2,1-3H3,(H,13,14). The molecule has 0 aromatic rings. The molecule has 0 bridgehead atoms. The Morgan fingerprint density at radius 2 is 1.94 bits per heavy atom. The number of hydrogen-bond acceptors (Lipinski definition) is 4. The molecule has 0 aromatic heterocycles. The van der Waals surface area contributed by atoms with Crippen molar-refractivity contribution in [2.45, 2.75) is 33.0 Å². The van der Waals surface area contributed by atoms with E-state index in [1.54, 1.807) is 13.8 Å². The zero-order valence-electron chi connectivity index (χ0n) is 10.8. The van der Waals surface area contributed by atoms with Crippen LogP contribution in [0, 0.1) is 5.92 Å². The predicted molar refractivity (Wildman–Crippen MR) is 65.3 cm³/mol. The van der Waals surface area contributed by atoms with E-state index in [0.717, 1.165) is 0 Å². The predicted octanol–water partition coefficient (Wildman–Crippen LogP) is -0.349. The second-order valence-corrected chi connectivity index (χ2v) is 6.42. The lowest BCUT2D eigenvalue weighted by atomic mass is 10.2. The highest BCUT2D eigenvalue weighted by Crippen LogP contribution is 2.13. The van der Waals surface area contributed by atoms with Crippen molar-refractivity contribution in [1.29, 1.82) is 0 Å². The molecule has 0 aliphatic carbocycles. The lowest BCUT2D eigenvalue weighted by molar-refractivity contribution is -0.140. The van der Waals surface area contributed by atoms with Gasteiger partial charge in [0.25, 0.3) is 10.2 Å². The van der Waals surface area contributed by atoms with Crippen LogP contribution in [-0.4, -0.2) is 55.6 Å². The quantitative estimate of drug-likeness (QED) is 0.717. The number of hydrogen-bond donors (Lipinski definition) is 2. The maximum Gasteiger partial charge on any atom is 0.307 e. The van der Waals surface area contributed by atoms with Crippen LogP contribution in [0.1, 0.15) is 20.8 Å². The summed E-state index contributed by atoms with van der Waals surface area (Å²) in [6, 6.07) is 0. The van der Waals surface area contributed by atoms with Gasteiger partial charge >= 0.3 is 5.97 Å². The van der Waals surface area contributed by atoms with Gasteiger partial charge in [0.05, 0.1) is 18.1 Å². The lowest BCUT2D eigenvalue weighted by Gasteiger charge is -2.34. The Morgan fingerprint density at radius 3 is 2.39 bits per heavy atom. The summed E-state index contributed by atoms with van der Waals surface area (Å²) >= 11 is 0. The normalized spacial score (nSPS) is 27.9. The average Bonchev–Trinajstić information content (AvgIpc) is 2.24. The number of carboxylic acid groups (broad SMARTS) is 1. The SMILES string of the molecule is CC1CN(S(=O)(=O)NCC(C)C(=O)O)CC(C)O1. The summed E-state index contributed by atoms with van der Waals surface area (Å²) < 4.78 is 33.0. The summed E-state index contributed by atoms with van der Waals surface area (Å²) in [6.07, 6.45) is -0.329. The van der Waals surface area contributed by atoms with Gasteiger partial charge in [0, 0.05) is 19.6 Å². The first-order valence-electron chi connectivity index (χ1n) is 5.85. The van der Waals surface area contributed by atoms with Crippen LogP contribution in [-0.2, 0) is 19.7 Å². The van der Waals surface area contributed by atoms with Crippen molar-refractivity contribution in [2.24, 2.45) is 5.92 Å². The fourth-order valence-electron chi connectivity index (χ4n) is 1.74. The lowest BCUT2D eigenvalue weighted by Crippen LogP contribution is -2.52. The van der Waals surface area contributed by atoms with Crippen molar-refractivity contribution in [3.8, 4) is 0 Å². The smallest absolute Gasteiger partial charge is 0.307 e. The maximum atomic E-state index is 12.0. The molecule has 1 saturated heterocycles. The van der Waals surface area contributed by atoms with E-state index < -0.39 is 22.1 Å². The monoisotopic (exact) mass is 280 g/mol. The Kier molecular flexibility index (Phi) is 5.09. The molecule has 0 spiro atoms. The Labute approximate surface area is 107 Å². The van der Waals surface area contributed by atoms with Gasteiger partial charge in [-0.05, 0) is 13.8 Å². The highest BCUT2D eigenvalue weighted by Gasteiger charge is 2.31. The van der Waals surface area contributed by atoms with E-state index in [2.05, 4.69) is 4.72 Å². The van der Waals surface area contributed by atoms with Crippen LogP contribution >= 0.6 is 0 Å². The molecule has 3 atom stereocenters. The first kappa shape index (κ1) is 15.4. The topological polar surface area (TPSA) is 95.9 Å². The molecule has 1 fully saturated rings. The molecule has 8 heteroatoms. The number of nitrogens with zero attached hydrogens (tertiary/aromatic N) is 1. The van der Waals surface area contributed by atoms with E-state index in [9.17, 15) is 13.2 Å². The van der Waals surface area contributed by atoms with Gasteiger partial charge < -0.3 is 9.84 Å². The number of carbonyl (C=O) groups is 1. The average molecular weight is 280 g/mol. The van der Waals surface area contributed by atoms with E-state index in [1.165, 1.54) is 11.2 Å². The van der Waals surface area contributed by atoms with Crippen LogP contribution in [0.4, 0.5) is 0 Å². The van der Waals surface area contributed by atoms with Crippen molar-refractivity contribution in [3.63, 3.8) is 0 Å². The first-order chi connectivity index (χ1) is 8.22. The van der Waals surface area contributed by atoms with Gasteiger partial charge in [0.1, 0.15) is 0 Å². The number of rotatable bonds is 5. The Bertz CT molecular complexity index is 387. The first-order valence-corrected chi connectivity index (χ1v) is 7.29. The van der Waals surface area contributed by atoms with Gasteiger partial charge in [-0.2, -0.15) is 12.7 Å². The number of ether oxygens (including phenoxy) is 1. The summed E-state index contributed by atoms with van der Waals surface area (Å²) in [5.74, 6) is -1.78. The molecule has 1 aliphatic rings. The van der Waals surface area contributed by atoms with Gasteiger partial charge in [0.2, 0.25) is 0 Å². The van der Waals surface area contributed by atoms with Crippen LogP contribution in [0.2, 0.25) is 0 Å². The molecule has 0 saturated carbocycles. The third-order valence-corrected chi connectivity index (χ3v) is 4.23. The third-order valence-electron chi connectivity index (χ3n) is 2.72. The summed E-state index contributed by atoms with van der Waals surface area (Å²) in [5, 5.41) is 8.70. The Hall–Kier alpha value is -0.700. The largest absolute Gasteiger partial charge is 0.481 e. The van der Waals surface area contributed by atoms with Crippen LogP contribution in [0.3, 0.4) is 0 Å². The molecule has 1 aliphatic heterocycles. The Morgan fingerprint density at radius 1 is 1.44 bits per heavy atom. The van der Waals surface area contributed by atoms with E-state index in [1.807, 2.05) is 0 Å². The number of aliphatic carboxylic acids is 1. The molecular formula is C10H20N2O5S. The number of carboxylic acids is 1. The van der Waals surface area contributed by atoms with Crippen LogP contribution in [0.15, 0.2) is 0 Å². The fourth-order valence-corrected chi connectivity index (χ4v) is 3.19. The van der Waals surface area contributed by atoms with Gasteiger partial charge in [0.15, 0.2) is 0 Å². The molecule has 106 valence electrons. The minimum absolute atomic E-state index is 0.113. The molecule has 3 unspecified atom stereocenters. The zero-order valence-corrected chi connectivity index (χ0v) is 11.6. The second kappa shape index (κ2) is 5.96. The zero-order chi connectivity index (χ0) is 13.9. The molecule has 18 heavy (non-hydrogen) atoms. The number of nitrogens with one attached hydrogen (secondary N) is 1. The molecule has 7 nitrogen and oxygen atoms in total. The van der Waals surface area contributed by atoms with Gasteiger partial charge in [-0.3, -0.25) is 4.79 Å². The van der Waals surface area contributed by atoms with Crippen LogP contribution in [0.25, 0.3) is 0 Å². The van der Waals surface area contributed by atoms with E-state index in [0.29, 0.717) is 0 Å². The van der Waals surface area contributed by atoms with Gasteiger partial charge in [-0.25, -0.2) is 4.72 Å². The van der Waals surface area contributed by atoms with E-state index >= 15 is 0 Å². The second-order valence-electron chi connectivity index (χ2n) is 4.67. The molecular weight excluding hydrogens is 260 g/mol. The van der Waals surface area contributed by atoms with Gasteiger partial charge in [-0.1, -0.05) is 6.92 Å². The minimum atomic E-state index is -3.64. The fraction of sp³-hybridized carbons (Fsp3) is 0.900. The van der Waals surface area contributed by atoms with Gasteiger partial charge in [-0.15, -0.1) is 0 Å². The third kappa shape index (κ3) is 4.20. The van der Waals surface area contributed by atoms with Crippen LogP contribution < -0.4 is 4.72 Å². The van der Waals surface area contributed by atoms with Crippen molar-refractivity contribution in [2.75, 3.05) is 19.6 Å². The molecule has 1 rings (SSSR count). The highest BCUT2D eigenvalue weighted by atomic mass is 32.2. The van der Waals surface area contributed by atoms with Crippen molar-refractivity contribution < 1.29 is 23.1 Å². The summed E-state index contributed by atoms with van der Waals surface area (Å²) in [7, 11) is -3.64. The molecule has 0 radical (unpaired) electrons. The molecule has 1 heterocycles. The molecule has 0 amide bonds. The van der Waals surface area contributed by atoms with Crippen molar-refractivity contribution >= 4 is 16.2 Å². The summed E-state index contributed by atoms with van der Waals surface area (Å²) in [5.41, 5.74) is 0. The van der Waals surface area contributed by atoms with E-state index in [4.69, 9.17) is 9.84 Å².